The minimum absolute atomic E-state index is 0.141. The van der Waals surface area contributed by atoms with Gasteiger partial charge in [-0.1, -0.05) is 24.3 Å². The van der Waals surface area contributed by atoms with Crippen LogP contribution in [-0.4, -0.2) is 21.8 Å². The van der Waals surface area contributed by atoms with Crippen molar-refractivity contribution in [2.45, 2.75) is 6.42 Å². The van der Waals surface area contributed by atoms with Gasteiger partial charge in [0.1, 0.15) is 0 Å². The second-order valence-corrected chi connectivity index (χ2v) is 5.67. The number of Topliss-reactive ketones (excluding diaryl/α,β-unsaturated/α-hetero) is 2. The van der Waals surface area contributed by atoms with Gasteiger partial charge in [-0.25, -0.2) is 0 Å². The summed E-state index contributed by atoms with van der Waals surface area (Å²) in [5, 5.41) is 20.8. The Morgan fingerprint density at radius 1 is 0.826 bits per heavy atom. The molecule has 112 valence electrons. The molecule has 0 aromatic heterocycles. The summed E-state index contributed by atoms with van der Waals surface area (Å²) in [6.45, 7) is 0. The third kappa shape index (κ3) is 1.99. The zero-order valence-corrected chi connectivity index (χ0v) is 12.0. The fourth-order valence-corrected chi connectivity index (χ4v) is 3.11. The predicted molar refractivity (Wildman–Crippen MR) is 85.8 cm³/mol. The maximum Gasteiger partial charge on any atom is 0.229 e. The average molecular weight is 304 g/mol. The second kappa shape index (κ2) is 4.68. The summed E-state index contributed by atoms with van der Waals surface area (Å²) < 4.78 is 0. The molecule has 1 aliphatic carbocycles. The summed E-state index contributed by atoms with van der Waals surface area (Å²) in [6, 6.07) is 13.7. The fraction of sp³-hybridized carbons (Fsp3) is 0.0526. The molecule has 4 heteroatoms. The van der Waals surface area contributed by atoms with Crippen molar-refractivity contribution < 1.29 is 19.8 Å². The van der Waals surface area contributed by atoms with Crippen LogP contribution < -0.4 is 0 Å². The van der Waals surface area contributed by atoms with Crippen LogP contribution in [0.15, 0.2) is 48.5 Å². The van der Waals surface area contributed by atoms with Gasteiger partial charge in [0.2, 0.25) is 11.6 Å². The van der Waals surface area contributed by atoms with E-state index in [2.05, 4.69) is 0 Å². The van der Waals surface area contributed by atoms with Crippen LogP contribution in [0.25, 0.3) is 21.9 Å². The Morgan fingerprint density at radius 3 is 2.43 bits per heavy atom. The summed E-state index contributed by atoms with van der Waals surface area (Å²) in [5.41, 5.74) is 2.64. The first-order valence-electron chi connectivity index (χ1n) is 7.20. The Balaban J connectivity index is 2.02. The van der Waals surface area contributed by atoms with Gasteiger partial charge in [0.05, 0.1) is 0 Å². The third-order valence-electron chi connectivity index (χ3n) is 4.22. The van der Waals surface area contributed by atoms with Crippen molar-refractivity contribution in [1.29, 1.82) is 0 Å². The summed E-state index contributed by atoms with van der Waals surface area (Å²) >= 11 is 0. The summed E-state index contributed by atoms with van der Waals surface area (Å²) in [4.78, 5) is 24.2. The van der Waals surface area contributed by atoms with Crippen molar-refractivity contribution in [3.05, 3.63) is 59.7 Å². The molecule has 2 N–H and O–H groups in total. The Hall–Kier alpha value is -3.14. The Kier molecular flexibility index (Phi) is 2.75. The molecule has 0 heterocycles. The largest absolute Gasteiger partial charge is 0.504 e. The molecule has 4 rings (SSSR count). The summed E-state index contributed by atoms with van der Waals surface area (Å²) in [6.07, 6.45) is 0.141. The SMILES string of the molecule is O=C1Cc2cccc3cc(-c4ccc(O)c(O)c4)cc(c23)C1=O. The van der Waals surface area contributed by atoms with E-state index in [1.54, 1.807) is 12.1 Å². The molecule has 0 atom stereocenters. The minimum atomic E-state index is -0.474. The van der Waals surface area contributed by atoms with E-state index in [0.29, 0.717) is 16.7 Å². The zero-order chi connectivity index (χ0) is 16.1. The maximum atomic E-state index is 12.3. The first kappa shape index (κ1) is 13.5. The molecule has 3 aromatic carbocycles. The molecule has 0 amide bonds. The van der Waals surface area contributed by atoms with Crippen molar-refractivity contribution in [2.24, 2.45) is 0 Å². The highest BCUT2D eigenvalue weighted by Gasteiger charge is 2.27. The number of ketones is 2. The molecule has 4 nitrogen and oxygen atoms in total. The predicted octanol–water partition coefficient (Wildman–Crippen LogP) is 3.23. The van der Waals surface area contributed by atoms with Crippen LogP contribution in [0.3, 0.4) is 0 Å². The monoisotopic (exact) mass is 304 g/mol. The number of hydrogen-bond donors (Lipinski definition) is 2. The van der Waals surface area contributed by atoms with Crippen molar-refractivity contribution >= 4 is 22.3 Å². The van der Waals surface area contributed by atoms with E-state index in [9.17, 15) is 19.8 Å². The molecule has 0 radical (unpaired) electrons. The first-order valence-corrected chi connectivity index (χ1v) is 7.20. The lowest BCUT2D eigenvalue weighted by atomic mass is 9.85. The Morgan fingerprint density at radius 2 is 1.65 bits per heavy atom. The normalized spacial score (nSPS) is 13.6. The molecular formula is C19H12O4. The topological polar surface area (TPSA) is 74.6 Å². The highest BCUT2D eigenvalue weighted by Crippen LogP contribution is 2.36. The number of rotatable bonds is 1. The summed E-state index contributed by atoms with van der Waals surface area (Å²) in [7, 11) is 0. The molecule has 0 bridgehead atoms. The molecule has 0 spiro atoms. The molecule has 0 saturated heterocycles. The molecular weight excluding hydrogens is 292 g/mol. The van der Waals surface area contributed by atoms with E-state index < -0.39 is 11.6 Å². The molecule has 0 fully saturated rings. The average Bonchev–Trinajstić information content (AvgIpc) is 2.54. The number of aromatic hydroxyl groups is 2. The quantitative estimate of drug-likeness (QED) is 0.534. The lowest BCUT2D eigenvalue weighted by Gasteiger charge is -2.17. The van der Waals surface area contributed by atoms with Gasteiger partial charge in [-0.2, -0.15) is 0 Å². The van der Waals surface area contributed by atoms with Crippen LogP contribution >= 0.6 is 0 Å². The number of phenolic OH excluding ortho intramolecular Hbond substituents is 2. The van der Waals surface area contributed by atoms with Gasteiger partial charge in [0.15, 0.2) is 11.5 Å². The van der Waals surface area contributed by atoms with E-state index in [4.69, 9.17) is 0 Å². The molecule has 0 aliphatic heterocycles. The maximum absolute atomic E-state index is 12.3. The molecule has 3 aromatic rings. The van der Waals surface area contributed by atoms with Crippen LogP contribution in [-0.2, 0) is 11.2 Å². The van der Waals surface area contributed by atoms with E-state index in [0.717, 1.165) is 16.3 Å². The smallest absolute Gasteiger partial charge is 0.229 e. The lowest BCUT2D eigenvalue weighted by molar-refractivity contribution is -0.114. The van der Waals surface area contributed by atoms with Crippen molar-refractivity contribution in [3.8, 4) is 22.6 Å². The standard InChI is InChI=1S/C19H12O4/c20-15-5-4-10(8-16(15)21)13-6-11-2-1-3-12-9-17(22)19(23)14(7-13)18(11)12/h1-8,20-21H,9H2. The highest BCUT2D eigenvalue weighted by atomic mass is 16.3. The van der Waals surface area contributed by atoms with Crippen LogP contribution in [0, 0.1) is 0 Å². The van der Waals surface area contributed by atoms with Crippen molar-refractivity contribution in [3.63, 3.8) is 0 Å². The Bertz CT molecular complexity index is 1000. The zero-order valence-electron chi connectivity index (χ0n) is 12.0. The van der Waals surface area contributed by atoms with E-state index in [1.165, 1.54) is 12.1 Å². The van der Waals surface area contributed by atoms with Crippen LogP contribution in [0.5, 0.6) is 11.5 Å². The molecule has 1 aliphatic rings. The molecule has 23 heavy (non-hydrogen) atoms. The van der Waals surface area contributed by atoms with Crippen molar-refractivity contribution in [1.82, 2.24) is 0 Å². The van der Waals surface area contributed by atoms with Gasteiger partial charge in [-0.3, -0.25) is 9.59 Å². The van der Waals surface area contributed by atoms with Gasteiger partial charge < -0.3 is 10.2 Å². The van der Waals surface area contributed by atoms with Crippen LogP contribution in [0.1, 0.15) is 15.9 Å². The highest BCUT2D eigenvalue weighted by molar-refractivity contribution is 6.48. The van der Waals surface area contributed by atoms with E-state index in [1.807, 2.05) is 24.3 Å². The number of hydrogen-bond acceptors (Lipinski definition) is 4. The van der Waals surface area contributed by atoms with Crippen LogP contribution in [0.4, 0.5) is 0 Å². The first-order chi connectivity index (χ1) is 11.0. The third-order valence-corrected chi connectivity index (χ3v) is 4.22. The summed E-state index contributed by atoms with van der Waals surface area (Å²) in [5.74, 6) is -1.31. The van der Waals surface area contributed by atoms with Crippen molar-refractivity contribution in [2.75, 3.05) is 0 Å². The number of benzene rings is 3. The number of carbonyl (C=O) groups is 2. The van der Waals surface area contributed by atoms with Crippen LogP contribution in [0.2, 0.25) is 0 Å². The number of carbonyl (C=O) groups excluding carboxylic acids is 2. The number of phenols is 2. The van der Waals surface area contributed by atoms with Gasteiger partial charge >= 0.3 is 0 Å². The van der Waals surface area contributed by atoms with Gasteiger partial charge in [0, 0.05) is 12.0 Å². The Labute approximate surface area is 131 Å². The fourth-order valence-electron chi connectivity index (χ4n) is 3.11. The van der Waals surface area contributed by atoms with E-state index in [-0.39, 0.29) is 17.9 Å². The van der Waals surface area contributed by atoms with Gasteiger partial charge in [0.25, 0.3) is 0 Å². The van der Waals surface area contributed by atoms with Gasteiger partial charge in [-0.15, -0.1) is 0 Å². The van der Waals surface area contributed by atoms with Gasteiger partial charge in [-0.05, 0) is 51.7 Å². The molecule has 0 saturated carbocycles. The minimum Gasteiger partial charge on any atom is -0.504 e. The second-order valence-electron chi connectivity index (χ2n) is 5.67. The molecule has 0 unspecified atom stereocenters. The lowest BCUT2D eigenvalue weighted by Crippen LogP contribution is -2.22. The van der Waals surface area contributed by atoms with E-state index >= 15 is 0 Å².